The maximum absolute atomic E-state index is 14.3. The molecule has 0 aliphatic carbocycles. The molecule has 0 spiro atoms. The maximum Gasteiger partial charge on any atom is 0.130 e. The van der Waals surface area contributed by atoms with E-state index in [9.17, 15) is 4.39 Å². The molecule has 0 atom stereocenters. The van der Waals surface area contributed by atoms with E-state index in [2.05, 4.69) is 6.58 Å². The summed E-state index contributed by atoms with van der Waals surface area (Å²) < 4.78 is 16.2. The SMILES string of the molecule is C=C/C=c1/ccn(Cc2c(F)cc(C(=N)N)cc2Cl)/c1=C/C. The second-order valence-electron chi connectivity index (χ2n) is 4.81. The molecule has 5 heteroatoms. The average Bonchev–Trinajstić information content (AvgIpc) is 2.84. The van der Waals surface area contributed by atoms with Crippen molar-refractivity contribution >= 4 is 29.6 Å². The first kappa shape index (κ1) is 16.0. The molecule has 1 aromatic heterocycles. The molecular weight excluding hydrogens is 301 g/mol. The summed E-state index contributed by atoms with van der Waals surface area (Å²) in [5.41, 5.74) is 6.02. The Morgan fingerprint density at radius 1 is 1.50 bits per heavy atom. The largest absolute Gasteiger partial charge is 0.384 e. The van der Waals surface area contributed by atoms with Crippen molar-refractivity contribution in [3.8, 4) is 0 Å². The highest BCUT2D eigenvalue weighted by Gasteiger charge is 2.12. The van der Waals surface area contributed by atoms with E-state index < -0.39 is 5.82 Å². The molecule has 0 aliphatic rings. The number of hydrogen-bond acceptors (Lipinski definition) is 1. The van der Waals surface area contributed by atoms with E-state index >= 15 is 0 Å². The number of benzene rings is 1. The van der Waals surface area contributed by atoms with E-state index in [1.54, 1.807) is 6.08 Å². The topological polar surface area (TPSA) is 54.8 Å². The van der Waals surface area contributed by atoms with Crippen LogP contribution < -0.4 is 16.3 Å². The Morgan fingerprint density at radius 2 is 2.23 bits per heavy atom. The van der Waals surface area contributed by atoms with Gasteiger partial charge in [0.1, 0.15) is 11.7 Å². The van der Waals surface area contributed by atoms with Crippen molar-refractivity contribution in [2.45, 2.75) is 13.5 Å². The van der Waals surface area contributed by atoms with Gasteiger partial charge in [0, 0.05) is 27.7 Å². The molecule has 1 aromatic carbocycles. The van der Waals surface area contributed by atoms with Gasteiger partial charge in [0.15, 0.2) is 0 Å². The minimum atomic E-state index is -0.470. The lowest BCUT2D eigenvalue weighted by atomic mass is 10.1. The molecule has 1 heterocycles. The molecular formula is C17H17ClFN3. The van der Waals surface area contributed by atoms with Crippen molar-refractivity contribution in [1.82, 2.24) is 4.57 Å². The zero-order chi connectivity index (χ0) is 16.3. The van der Waals surface area contributed by atoms with Crippen molar-refractivity contribution in [2.24, 2.45) is 5.73 Å². The third kappa shape index (κ3) is 3.12. The Kier molecular flexibility index (Phi) is 4.83. The highest BCUT2D eigenvalue weighted by atomic mass is 35.5. The van der Waals surface area contributed by atoms with Gasteiger partial charge < -0.3 is 10.3 Å². The highest BCUT2D eigenvalue weighted by Crippen LogP contribution is 2.22. The molecule has 22 heavy (non-hydrogen) atoms. The number of halogens is 2. The summed E-state index contributed by atoms with van der Waals surface area (Å²) in [4.78, 5) is 0. The molecule has 0 aliphatic heterocycles. The van der Waals surface area contributed by atoms with Crippen LogP contribution in [0.1, 0.15) is 18.1 Å². The number of amidine groups is 1. The molecule has 3 N–H and O–H groups in total. The van der Waals surface area contributed by atoms with E-state index in [4.69, 9.17) is 22.7 Å². The summed E-state index contributed by atoms with van der Waals surface area (Å²) in [5.74, 6) is -0.679. The Balaban J connectivity index is 2.51. The van der Waals surface area contributed by atoms with E-state index in [1.807, 2.05) is 35.9 Å². The number of allylic oxidation sites excluding steroid dienone is 1. The molecule has 0 saturated heterocycles. The minimum Gasteiger partial charge on any atom is -0.384 e. The summed E-state index contributed by atoms with van der Waals surface area (Å²) in [7, 11) is 0. The molecule has 0 amide bonds. The zero-order valence-corrected chi connectivity index (χ0v) is 13.0. The Morgan fingerprint density at radius 3 is 2.77 bits per heavy atom. The van der Waals surface area contributed by atoms with Gasteiger partial charge in [0.25, 0.3) is 0 Å². The number of nitrogen functional groups attached to an aromatic ring is 1. The molecule has 0 fully saturated rings. The number of rotatable bonds is 4. The van der Waals surface area contributed by atoms with Crippen LogP contribution in [-0.4, -0.2) is 10.4 Å². The fraction of sp³-hybridized carbons (Fsp3) is 0.118. The lowest BCUT2D eigenvalue weighted by Gasteiger charge is -2.10. The van der Waals surface area contributed by atoms with Crippen LogP contribution in [-0.2, 0) is 6.54 Å². The highest BCUT2D eigenvalue weighted by molar-refractivity contribution is 6.31. The van der Waals surface area contributed by atoms with Crippen molar-refractivity contribution in [2.75, 3.05) is 0 Å². The van der Waals surface area contributed by atoms with Gasteiger partial charge in [-0.15, -0.1) is 0 Å². The molecule has 2 rings (SSSR count). The van der Waals surface area contributed by atoms with Gasteiger partial charge in [0.2, 0.25) is 0 Å². The Bertz CT molecular complexity index is 826. The molecule has 0 bridgehead atoms. The summed E-state index contributed by atoms with van der Waals surface area (Å²) in [6.45, 7) is 5.91. The van der Waals surface area contributed by atoms with Gasteiger partial charge in [-0.1, -0.05) is 36.4 Å². The normalized spacial score (nSPS) is 12.7. The summed E-state index contributed by atoms with van der Waals surface area (Å²) in [6.07, 6.45) is 7.43. The summed E-state index contributed by atoms with van der Waals surface area (Å²) in [5, 5.41) is 9.59. The average molecular weight is 318 g/mol. The standard InChI is InChI=1S/C17H17ClFN3/c1-3-5-11-6-7-22(16(11)4-2)10-13-14(18)8-12(17(20)21)9-15(13)19/h3-9H,1,10H2,2H3,(H3,20,21)/b11-5-,16-4+. The van der Waals surface area contributed by atoms with Gasteiger partial charge >= 0.3 is 0 Å². The lowest BCUT2D eigenvalue weighted by Crippen LogP contribution is -2.29. The van der Waals surface area contributed by atoms with Crippen LogP contribution in [0.4, 0.5) is 4.39 Å². The number of nitrogens with two attached hydrogens (primary N) is 1. The Labute approximate surface area is 133 Å². The monoisotopic (exact) mass is 317 g/mol. The van der Waals surface area contributed by atoms with Crippen LogP contribution in [0.25, 0.3) is 12.2 Å². The minimum absolute atomic E-state index is 0.209. The molecule has 3 nitrogen and oxygen atoms in total. The number of hydrogen-bond donors (Lipinski definition) is 2. The fourth-order valence-corrected chi connectivity index (χ4v) is 2.59. The molecule has 0 radical (unpaired) electrons. The van der Waals surface area contributed by atoms with Crippen LogP contribution in [0.3, 0.4) is 0 Å². The number of nitrogens with one attached hydrogen (secondary N) is 1. The zero-order valence-electron chi connectivity index (χ0n) is 12.2. The summed E-state index contributed by atoms with van der Waals surface area (Å²) >= 11 is 6.15. The van der Waals surface area contributed by atoms with E-state index in [1.165, 1.54) is 12.1 Å². The first-order chi connectivity index (χ1) is 10.5. The number of aromatic nitrogens is 1. The van der Waals surface area contributed by atoms with Crippen LogP contribution >= 0.6 is 11.6 Å². The van der Waals surface area contributed by atoms with Crippen LogP contribution in [0.15, 0.2) is 37.1 Å². The van der Waals surface area contributed by atoms with Gasteiger partial charge in [0.05, 0.1) is 6.54 Å². The number of nitrogens with zero attached hydrogens (tertiary/aromatic N) is 1. The van der Waals surface area contributed by atoms with Crippen LogP contribution in [0.5, 0.6) is 0 Å². The quantitative estimate of drug-likeness (QED) is 0.660. The van der Waals surface area contributed by atoms with Crippen molar-refractivity contribution < 1.29 is 4.39 Å². The molecule has 114 valence electrons. The van der Waals surface area contributed by atoms with Gasteiger partial charge in [-0.2, -0.15) is 0 Å². The van der Waals surface area contributed by atoms with Crippen molar-refractivity contribution in [3.63, 3.8) is 0 Å². The first-order valence-electron chi connectivity index (χ1n) is 6.74. The smallest absolute Gasteiger partial charge is 0.130 e. The maximum atomic E-state index is 14.3. The predicted octanol–water partition coefficient (Wildman–Crippen LogP) is 2.38. The summed E-state index contributed by atoms with van der Waals surface area (Å²) in [6, 6.07) is 4.68. The van der Waals surface area contributed by atoms with Crippen molar-refractivity contribution in [3.05, 3.63) is 69.6 Å². The van der Waals surface area contributed by atoms with Gasteiger partial charge in [-0.05, 0) is 30.3 Å². The van der Waals surface area contributed by atoms with E-state index in [0.29, 0.717) is 12.1 Å². The third-order valence-corrected chi connectivity index (χ3v) is 3.73. The first-order valence-corrected chi connectivity index (χ1v) is 7.12. The van der Waals surface area contributed by atoms with E-state index in [-0.39, 0.29) is 16.4 Å². The van der Waals surface area contributed by atoms with Crippen LogP contribution in [0, 0.1) is 11.2 Å². The second kappa shape index (κ2) is 6.62. The van der Waals surface area contributed by atoms with E-state index in [0.717, 1.165) is 10.6 Å². The fourth-order valence-electron chi connectivity index (χ4n) is 2.32. The molecule has 2 aromatic rings. The van der Waals surface area contributed by atoms with Crippen LogP contribution in [0.2, 0.25) is 5.02 Å². The molecule has 0 unspecified atom stereocenters. The second-order valence-corrected chi connectivity index (χ2v) is 5.21. The third-order valence-electron chi connectivity index (χ3n) is 3.39. The predicted molar refractivity (Wildman–Crippen MR) is 90.0 cm³/mol. The van der Waals surface area contributed by atoms with Crippen molar-refractivity contribution in [1.29, 1.82) is 5.41 Å². The van der Waals surface area contributed by atoms with Gasteiger partial charge in [-0.3, -0.25) is 5.41 Å². The molecule has 0 saturated carbocycles. The lowest BCUT2D eigenvalue weighted by molar-refractivity contribution is 0.597. The van der Waals surface area contributed by atoms with Gasteiger partial charge in [-0.25, -0.2) is 4.39 Å². The Hall–Kier alpha value is -2.33.